The summed E-state index contributed by atoms with van der Waals surface area (Å²) >= 11 is 0. The number of urea groups is 1. The van der Waals surface area contributed by atoms with Gasteiger partial charge in [0, 0.05) is 18.4 Å². The summed E-state index contributed by atoms with van der Waals surface area (Å²) in [5.41, 5.74) is 3.06. The maximum Gasteiger partial charge on any atom is 0.338 e. The highest BCUT2D eigenvalue weighted by Gasteiger charge is 2.35. The van der Waals surface area contributed by atoms with E-state index in [0.717, 1.165) is 5.56 Å². The molecule has 0 aliphatic carbocycles. The standard InChI is InChI=1S/C24H27N3O4/c1-15(2)31-23(29)21-16(3)27(4)24(30)26-22(21)18-11-8-12-19(14-18)25-20(28)13-17-9-6-5-7-10-17/h5-12,14-15,22H,13H2,1-4H3,(H,25,28)(H,26,30)/t22-/m0/s1. The number of carbonyl (C=O) groups excluding carboxylic acids is 3. The number of anilines is 1. The highest BCUT2D eigenvalue weighted by atomic mass is 16.5. The number of nitrogens with zero attached hydrogens (tertiary/aromatic N) is 1. The average Bonchev–Trinajstić information content (AvgIpc) is 2.72. The number of hydrogen-bond acceptors (Lipinski definition) is 4. The third-order valence-corrected chi connectivity index (χ3v) is 5.03. The zero-order chi connectivity index (χ0) is 22.5. The van der Waals surface area contributed by atoms with E-state index in [2.05, 4.69) is 10.6 Å². The van der Waals surface area contributed by atoms with Gasteiger partial charge in [0.1, 0.15) is 0 Å². The van der Waals surface area contributed by atoms with Crippen molar-refractivity contribution in [1.29, 1.82) is 0 Å². The van der Waals surface area contributed by atoms with Crippen LogP contribution in [-0.2, 0) is 20.7 Å². The van der Waals surface area contributed by atoms with Gasteiger partial charge >= 0.3 is 12.0 Å². The molecule has 0 aromatic heterocycles. The smallest absolute Gasteiger partial charge is 0.338 e. The van der Waals surface area contributed by atoms with Crippen LogP contribution >= 0.6 is 0 Å². The second-order valence-corrected chi connectivity index (χ2v) is 7.73. The molecule has 0 fully saturated rings. The van der Waals surface area contributed by atoms with Gasteiger partial charge < -0.3 is 20.3 Å². The second kappa shape index (κ2) is 9.47. The topological polar surface area (TPSA) is 87.7 Å². The maximum atomic E-state index is 12.8. The Hall–Kier alpha value is -3.61. The minimum absolute atomic E-state index is 0.151. The van der Waals surface area contributed by atoms with Gasteiger partial charge in [-0.2, -0.15) is 0 Å². The van der Waals surface area contributed by atoms with Gasteiger partial charge in [0.05, 0.1) is 24.1 Å². The normalized spacial score (nSPS) is 16.2. The molecule has 0 saturated heterocycles. The zero-order valence-corrected chi connectivity index (χ0v) is 18.1. The molecule has 31 heavy (non-hydrogen) atoms. The first-order chi connectivity index (χ1) is 14.8. The fourth-order valence-electron chi connectivity index (χ4n) is 3.41. The van der Waals surface area contributed by atoms with Crippen molar-refractivity contribution in [2.45, 2.75) is 39.3 Å². The summed E-state index contributed by atoms with van der Waals surface area (Å²) in [5, 5.41) is 5.74. The van der Waals surface area contributed by atoms with E-state index in [1.54, 1.807) is 52.1 Å². The summed E-state index contributed by atoms with van der Waals surface area (Å²) in [7, 11) is 1.60. The van der Waals surface area contributed by atoms with Crippen molar-refractivity contribution < 1.29 is 19.1 Å². The van der Waals surface area contributed by atoms with Crippen molar-refractivity contribution >= 4 is 23.6 Å². The number of ether oxygens (including phenoxy) is 1. The molecule has 1 heterocycles. The maximum absolute atomic E-state index is 12.8. The Bertz CT molecular complexity index is 1010. The van der Waals surface area contributed by atoms with Crippen molar-refractivity contribution in [3.05, 3.63) is 77.0 Å². The predicted octanol–water partition coefficient (Wildman–Crippen LogP) is 3.79. The van der Waals surface area contributed by atoms with Gasteiger partial charge in [0.15, 0.2) is 0 Å². The molecule has 3 amide bonds. The van der Waals surface area contributed by atoms with Crippen LogP contribution in [0.3, 0.4) is 0 Å². The van der Waals surface area contributed by atoms with E-state index < -0.39 is 12.0 Å². The van der Waals surface area contributed by atoms with Crippen LogP contribution in [-0.4, -0.2) is 36.0 Å². The Kier molecular flexibility index (Phi) is 6.74. The molecule has 7 heteroatoms. The molecule has 2 aromatic carbocycles. The highest BCUT2D eigenvalue weighted by molar-refractivity contribution is 5.95. The van der Waals surface area contributed by atoms with Gasteiger partial charge in [0.25, 0.3) is 0 Å². The number of hydrogen-bond donors (Lipinski definition) is 2. The van der Waals surface area contributed by atoms with E-state index in [1.165, 1.54) is 4.90 Å². The quantitative estimate of drug-likeness (QED) is 0.695. The minimum atomic E-state index is -0.680. The number of benzene rings is 2. The van der Waals surface area contributed by atoms with Crippen molar-refractivity contribution in [2.24, 2.45) is 0 Å². The van der Waals surface area contributed by atoms with E-state index >= 15 is 0 Å². The molecule has 0 spiro atoms. The Morgan fingerprint density at radius 2 is 1.84 bits per heavy atom. The summed E-state index contributed by atoms with van der Waals surface area (Å²) < 4.78 is 5.41. The van der Waals surface area contributed by atoms with Gasteiger partial charge in [-0.1, -0.05) is 42.5 Å². The predicted molar refractivity (Wildman–Crippen MR) is 118 cm³/mol. The molecule has 2 aromatic rings. The number of allylic oxidation sites excluding steroid dienone is 1. The summed E-state index contributed by atoms with van der Waals surface area (Å²) in [6, 6.07) is 15.6. The molecule has 2 N–H and O–H groups in total. The van der Waals surface area contributed by atoms with Crippen molar-refractivity contribution in [2.75, 3.05) is 12.4 Å². The summed E-state index contributed by atoms with van der Waals surface area (Å²) in [5.74, 6) is -0.634. The molecule has 1 aliphatic heterocycles. The third-order valence-electron chi connectivity index (χ3n) is 5.03. The molecule has 7 nitrogen and oxygen atoms in total. The lowest BCUT2D eigenvalue weighted by molar-refractivity contribution is -0.143. The number of esters is 1. The van der Waals surface area contributed by atoms with E-state index in [4.69, 9.17) is 4.74 Å². The van der Waals surface area contributed by atoms with Gasteiger partial charge in [0.2, 0.25) is 5.91 Å². The van der Waals surface area contributed by atoms with Gasteiger partial charge in [-0.15, -0.1) is 0 Å². The Labute approximate surface area is 182 Å². The van der Waals surface area contributed by atoms with Crippen LogP contribution in [0.1, 0.15) is 37.9 Å². The fourth-order valence-corrected chi connectivity index (χ4v) is 3.41. The lowest BCUT2D eigenvalue weighted by atomic mass is 9.94. The summed E-state index contributed by atoms with van der Waals surface area (Å²) in [4.78, 5) is 39.0. The van der Waals surface area contributed by atoms with Gasteiger partial charge in [-0.3, -0.25) is 4.79 Å². The molecule has 1 aliphatic rings. The highest BCUT2D eigenvalue weighted by Crippen LogP contribution is 2.32. The van der Waals surface area contributed by atoms with Gasteiger partial charge in [-0.05, 0) is 44.0 Å². The summed E-state index contributed by atoms with van der Waals surface area (Å²) in [6.45, 7) is 5.27. The van der Waals surface area contributed by atoms with Crippen LogP contribution in [0, 0.1) is 0 Å². The molecule has 0 radical (unpaired) electrons. The number of nitrogens with one attached hydrogen (secondary N) is 2. The third kappa shape index (κ3) is 5.31. The van der Waals surface area contributed by atoms with E-state index in [1.807, 2.05) is 30.3 Å². The first-order valence-electron chi connectivity index (χ1n) is 10.2. The molecule has 0 unspecified atom stereocenters. The number of amides is 3. The van der Waals surface area contributed by atoms with Crippen LogP contribution in [0.5, 0.6) is 0 Å². The Morgan fingerprint density at radius 1 is 1.13 bits per heavy atom. The van der Waals surface area contributed by atoms with Gasteiger partial charge in [-0.25, -0.2) is 9.59 Å². The molecular weight excluding hydrogens is 394 g/mol. The fraction of sp³-hybridized carbons (Fsp3) is 0.292. The van der Waals surface area contributed by atoms with Crippen LogP contribution in [0.25, 0.3) is 0 Å². The molecular formula is C24H27N3O4. The van der Waals surface area contributed by atoms with E-state index in [-0.39, 0.29) is 24.5 Å². The van der Waals surface area contributed by atoms with Crippen molar-refractivity contribution in [3.63, 3.8) is 0 Å². The largest absolute Gasteiger partial charge is 0.459 e. The van der Waals surface area contributed by atoms with Crippen LogP contribution in [0.2, 0.25) is 0 Å². The lowest BCUT2D eigenvalue weighted by Gasteiger charge is -2.33. The van der Waals surface area contributed by atoms with Crippen LogP contribution in [0.15, 0.2) is 65.9 Å². The second-order valence-electron chi connectivity index (χ2n) is 7.73. The molecule has 1 atom stereocenters. The first kappa shape index (κ1) is 22.1. The molecule has 3 rings (SSSR count). The Morgan fingerprint density at radius 3 is 2.52 bits per heavy atom. The zero-order valence-electron chi connectivity index (χ0n) is 18.1. The van der Waals surface area contributed by atoms with E-state index in [0.29, 0.717) is 22.5 Å². The van der Waals surface area contributed by atoms with Crippen LogP contribution < -0.4 is 10.6 Å². The summed E-state index contributed by atoms with van der Waals surface area (Å²) in [6.07, 6.45) is -0.0407. The average molecular weight is 421 g/mol. The van der Waals surface area contributed by atoms with Crippen molar-refractivity contribution in [1.82, 2.24) is 10.2 Å². The number of rotatable bonds is 6. The van der Waals surface area contributed by atoms with Crippen molar-refractivity contribution in [3.8, 4) is 0 Å². The first-order valence-corrected chi connectivity index (χ1v) is 10.2. The molecule has 0 saturated carbocycles. The molecule has 162 valence electrons. The monoisotopic (exact) mass is 421 g/mol. The minimum Gasteiger partial charge on any atom is -0.459 e. The number of carbonyl (C=O) groups is 3. The van der Waals surface area contributed by atoms with Crippen LogP contribution in [0.4, 0.5) is 10.5 Å². The Balaban J connectivity index is 1.86. The molecule has 0 bridgehead atoms. The van der Waals surface area contributed by atoms with E-state index in [9.17, 15) is 14.4 Å². The SMILES string of the molecule is CC1=C(C(=O)OC(C)C)[C@H](c2cccc(NC(=O)Cc3ccccc3)c2)NC(=O)N1C. The lowest BCUT2D eigenvalue weighted by Crippen LogP contribution is -2.46.